The molecule has 0 atom stereocenters. The van der Waals surface area contributed by atoms with Crippen LogP contribution in [0.25, 0.3) is 0 Å². The van der Waals surface area contributed by atoms with Gasteiger partial charge in [-0.25, -0.2) is 13.6 Å². The molecule has 3 N–H and O–H groups in total. The number of rotatable bonds is 4. The van der Waals surface area contributed by atoms with Crippen molar-refractivity contribution >= 4 is 33.0 Å². The van der Waals surface area contributed by atoms with Crippen LogP contribution < -0.4 is 10.5 Å². The molecule has 5 nitrogen and oxygen atoms in total. The van der Waals surface area contributed by atoms with E-state index in [1.54, 1.807) is 0 Å². The third-order valence-corrected chi connectivity index (χ3v) is 5.12. The number of carbonyl (C=O) groups is 1. The third-order valence-electron chi connectivity index (χ3n) is 2.74. The van der Waals surface area contributed by atoms with Crippen LogP contribution in [0.4, 0.5) is 5.69 Å². The molecule has 0 saturated carbocycles. The van der Waals surface area contributed by atoms with Gasteiger partial charge in [0.05, 0.1) is 5.56 Å². The number of hydrogen-bond acceptors (Lipinski definition) is 4. The summed E-state index contributed by atoms with van der Waals surface area (Å²) in [5.74, 6) is -0.361. The molecule has 0 aliphatic heterocycles. The summed E-state index contributed by atoms with van der Waals surface area (Å²) >= 11 is 0.928. The molecule has 106 valence electrons. The zero-order valence-corrected chi connectivity index (χ0v) is 12.4. The van der Waals surface area contributed by atoms with E-state index < -0.39 is 10.0 Å². The Morgan fingerprint density at radius 2 is 1.95 bits per heavy atom. The molecule has 1 aromatic heterocycles. The molecule has 0 aliphatic carbocycles. The summed E-state index contributed by atoms with van der Waals surface area (Å²) in [6.45, 7) is 2.05. The highest BCUT2D eigenvalue weighted by molar-refractivity contribution is 7.91. The van der Waals surface area contributed by atoms with Gasteiger partial charge in [0.25, 0.3) is 5.91 Å². The largest absolute Gasteiger partial charge is 0.322 e. The lowest BCUT2D eigenvalue weighted by Gasteiger charge is -2.04. The lowest BCUT2D eigenvalue weighted by molar-refractivity contribution is 0.102. The number of aryl methyl sites for hydroxylation is 1. The van der Waals surface area contributed by atoms with E-state index in [9.17, 15) is 13.2 Å². The van der Waals surface area contributed by atoms with Crippen LogP contribution in [0.1, 0.15) is 22.8 Å². The number of benzene rings is 1. The van der Waals surface area contributed by atoms with E-state index in [0.29, 0.717) is 5.69 Å². The quantitative estimate of drug-likeness (QED) is 0.907. The number of thiophene rings is 1. The first-order valence-electron chi connectivity index (χ1n) is 5.92. The van der Waals surface area contributed by atoms with Crippen LogP contribution in [0, 0.1) is 0 Å². The van der Waals surface area contributed by atoms with Crippen LogP contribution in [0.3, 0.4) is 0 Å². The van der Waals surface area contributed by atoms with Crippen molar-refractivity contribution in [1.82, 2.24) is 0 Å². The first-order chi connectivity index (χ1) is 9.40. The Balaban J connectivity index is 2.13. The molecule has 7 heteroatoms. The van der Waals surface area contributed by atoms with Gasteiger partial charge in [-0.15, -0.1) is 11.3 Å². The molecule has 2 aromatic rings. The molecule has 0 saturated heterocycles. The van der Waals surface area contributed by atoms with E-state index in [4.69, 9.17) is 5.14 Å². The standard InChI is InChI=1S/C13H14N2O3S2/c1-2-9-3-5-11(6-4-9)15-13(16)10-7-12(19-8-10)20(14,17)18/h3-8H,2H2,1H3,(H,15,16)(H2,14,17,18). The highest BCUT2D eigenvalue weighted by Crippen LogP contribution is 2.20. The van der Waals surface area contributed by atoms with Gasteiger partial charge in [-0.3, -0.25) is 4.79 Å². The third kappa shape index (κ3) is 3.44. The van der Waals surface area contributed by atoms with Gasteiger partial charge in [-0.2, -0.15) is 0 Å². The zero-order valence-electron chi connectivity index (χ0n) is 10.8. The van der Waals surface area contributed by atoms with Gasteiger partial charge < -0.3 is 5.32 Å². The fourth-order valence-corrected chi connectivity index (χ4v) is 3.20. The highest BCUT2D eigenvalue weighted by Gasteiger charge is 2.15. The SMILES string of the molecule is CCc1ccc(NC(=O)c2csc(S(N)(=O)=O)c2)cc1. The molecule has 1 amide bonds. The molecule has 0 aliphatic rings. The van der Waals surface area contributed by atoms with Gasteiger partial charge in [-0.1, -0.05) is 19.1 Å². The lowest BCUT2D eigenvalue weighted by atomic mass is 10.1. The molecule has 1 heterocycles. The van der Waals surface area contributed by atoms with Crippen LogP contribution in [-0.2, 0) is 16.4 Å². The van der Waals surface area contributed by atoms with Crippen LogP contribution in [-0.4, -0.2) is 14.3 Å². The Hall–Kier alpha value is -1.70. The predicted molar refractivity (Wildman–Crippen MR) is 79.5 cm³/mol. The van der Waals surface area contributed by atoms with Crippen molar-refractivity contribution in [3.63, 3.8) is 0 Å². The normalized spacial score (nSPS) is 11.3. The number of amides is 1. The van der Waals surface area contributed by atoms with Crippen molar-refractivity contribution in [2.24, 2.45) is 5.14 Å². The molecule has 0 unspecified atom stereocenters. The number of primary sulfonamides is 1. The van der Waals surface area contributed by atoms with E-state index in [1.165, 1.54) is 17.0 Å². The fourth-order valence-electron chi connectivity index (χ4n) is 1.61. The summed E-state index contributed by atoms with van der Waals surface area (Å²) in [5.41, 5.74) is 2.11. The van der Waals surface area contributed by atoms with Gasteiger partial charge in [0.15, 0.2) is 0 Å². The Kier molecular flexibility index (Phi) is 4.22. The molecule has 0 spiro atoms. The molecular formula is C13H14N2O3S2. The second-order valence-electron chi connectivity index (χ2n) is 4.20. The van der Waals surface area contributed by atoms with Crippen LogP contribution in [0.5, 0.6) is 0 Å². The van der Waals surface area contributed by atoms with Crippen molar-refractivity contribution in [3.05, 3.63) is 46.8 Å². The van der Waals surface area contributed by atoms with Crippen molar-refractivity contribution in [3.8, 4) is 0 Å². The topological polar surface area (TPSA) is 89.3 Å². The minimum Gasteiger partial charge on any atom is -0.322 e. The molecule has 0 radical (unpaired) electrons. The first kappa shape index (κ1) is 14.7. The Morgan fingerprint density at radius 3 is 2.45 bits per heavy atom. The van der Waals surface area contributed by atoms with Crippen LogP contribution in [0.2, 0.25) is 0 Å². The van der Waals surface area contributed by atoms with Gasteiger partial charge in [0, 0.05) is 11.1 Å². The Morgan fingerprint density at radius 1 is 1.30 bits per heavy atom. The van der Waals surface area contributed by atoms with Crippen molar-refractivity contribution < 1.29 is 13.2 Å². The molecular weight excluding hydrogens is 296 g/mol. The van der Waals surface area contributed by atoms with Crippen molar-refractivity contribution in [2.45, 2.75) is 17.6 Å². The first-order valence-corrected chi connectivity index (χ1v) is 8.34. The summed E-state index contributed by atoms with van der Waals surface area (Å²) in [6.07, 6.45) is 0.927. The number of carbonyl (C=O) groups excluding carboxylic acids is 1. The molecule has 2 rings (SSSR count). The Labute approximate surface area is 121 Å². The van der Waals surface area contributed by atoms with E-state index >= 15 is 0 Å². The number of anilines is 1. The van der Waals surface area contributed by atoms with Crippen molar-refractivity contribution in [2.75, 3.05) is 5.32 Å². The molecule has 0 fully saturated rings. The van der Waals surface area contributed by atoms with E-state index in [0.717, 1.165) is 17.8 Å². The van der Waals surface area contributed by atoms with Gasteiger partial charge >= 0.3 is 0 Å². The summed E-state index contributed by atoms with van der Waals surface area (Å²) in [7, 11) is -3.76. The minimum absolute atomic E-state index is 0.0241. The van der Waals surface area contributed by atoms with Gasteiger partial charge in [0.1, 0.15) is 4.21 Å². The number of nitrogens with one attached hydrogen (secondary N) is 1. The maximum Gasteiger partial charge on any atom is 0.256 e. The smallest absolute Gasteiger partial charge is 0.256 e. The second kappa shape index (κ2) is 5.74. The minimum atomic E-state index is -3.76. The number of nitrogens with two attached hydrogens (primary N) is 1. The van der Waals surface area contributed by atoms with E-state index in [-0.39, 0.29) is 15.7 Å². The highest BCUT2D eigenvalue weighted by atomic mass is 32.2. The fraction of sp³-hybridized carbons (Fsp3) is 0.154. The predicted octanol–water partition coefficient (Wildman–Crippen LogP) is 2.21. The summed E-state index contributed by atoms with van der Waals surface area (Å²) in [5, 5.41) is 9.18. The maximum absolute atomic E-state index is 12.0. The van der Waals surface area contributed by atoms with E-state index in [2.05, 4.69) is 5.32 Å². The molecule has 20 heavy (non-hydrogen) atoms. The molecule has 0 bridgehead atoms. The van der Waals surface area contributed by atoms with Crippen LogP contribution in [0.15, 0.2) is 39.9 Å². The van der Waals surface area contributed by atoms with Crippen LogP contribution >= 0.6 is 11.3 Å². The average Bonchev–Trinajstić information content (AvgIpc) is 2.89. The average molecular weight is 310 g/mol. The zero-order chi connectivity index (χ0) is 14.8. The lowest BCUT2D eigenvalue weighted by Crippen LogP contribution is -2.12. The summed E-state index contributed by atoms with van der Waals surface area (Å²) in [4.78, 5) is 12.0. The summed E-state index contributed by atoms with van der Waals surface area (Å²) in [6, 6.07) is 8.75. The van der Waals surface area contributed by atoms with E-state index in [1.807, 2.05) is 31.2 Å². The maximum atomic E-state index is 12.0. The van der Waals surface area contributed by atoms with Gasteiger partial charge in [-0.05, 0) is 30.2 Å². The second-order valence-corrected chi connectivity index (χ2v) is 6.90. The summed E-state index contributed by atoms with van der Waals surface area (Å²) < 4.78 is 22.3. The Bertz CT molecular complexity index is 718. The molecule has 1 aromatic carbocycles. The number of sulfonamides is 1. The van der Waals surface area contributed by atoms with Crippen molar-refractivity contribution in [1.29, 1.82) is 0 Å². The monoisotopic (exact) mass is 310 g/mol. The van der Waals surface area contributed by atoms with Gasteiger partial charge in [0.2, 0.25) is 10.0 Å². The number of hydrogen-bond donors (Lipinski definition) is 2.